The van der Waals surface area contributed by atoms with Crippen LogP contribution in [0.25, 0.3) is 10.4 Å². The fourth-order valence-corrected chi connectivity index (χ4v) is 6.92. The molecule has 2 atom stereocenters. The summed E-state index contributed by atoms with van der Waals surface area (Å²) in [5, 5.41) is 7.87. The van der Waals surface area contributed by atoms with Crippen molar-refractivity contribution in [3.63, 3.8) is 0 Å². The highest BCUT2D eigenvalue weighted by Gasteiger charge is 2.20. The zero-order chi connectivity index (χ0) is 22.3. The van der Waals surface area contributed by atoms with Gasteiger partial charge in [0, 0.05) is 19.1 Å². The molecule has 1 aromatic carbocycles. The first-order chi connectivity index (χ1) is 15.6. The molecule has 0 spiro atoms. The summed E-state index contributed by atoms with van der Waals surface area (Å²) in [6.45, 7) is 4.90. The van der Waals surface area contributed by atoms with Crippen molar-refractivity contribution in [3.05, 3.63) is 23.9 Å². The van der Waals surface area contributed by atoms with Crippen molar-refractivity contribution in [2.45, 2.75) is 69.2 Å². The Bertz CT molecular complexity index is 905. The number of rotatable bonds is 9. The predicted molar refractivity (Wildman–Crippen MR) is 134 cm³/mol. The van der Waals surface area contributed by atoms with Crippen molar-refractivity contribution in [2.24, 2.45) is 5.92 Å². The Balaban J connectivity index is 1.44. The molecule has 2 aromatic rings. The van der Waals surface area contributed by atoms with Gasteiger partial charge < -0.3 is 15.4 Å². The lowest BCUT2D eigenvalue weighted by atomic mass is 9.87. The van der Waals surface area contributed by atoms with Crippen LogP contribution in [0.2, 0.25) is 0 Å². The molecule has 32 heavy (non-hydrogen) atoms. The number of nitrogens with one attached hydrogen (secondary N) is 3. The van der Waals surface area contributed by atoms with E-state index in [9.17, 15) is 4.21 Å². The second-order valence-corrected chi connectivity index (χ2v) is 11.2. The average molecular weight is 477 g/mol. The highest BCUT2D eigenvalue weighted by atomic mass is 32.2. The van der Waals surface area contributed by atoms with Crippen LogP contribution in [0.5, 0.6) is 5.75 Å². The number of thiazole rings is 1. The number of hydrogen-bond donors (Lipinski definition) is 3. The normalized spacial score (nSPS) is 20.8. The van der Waals surface area contributed by atoms with Gasteiger partial charge in [-0.05, 0) is 62.4 Å². The van der Waals surface area contributed by atoms with Gasteiger partial charge in [0.1, 0.15) is 16.7 Å². The molecule has 1 aromatic heterocycles. The first-order valence-corrected chi connectivity index (χ1v) is 13.9. The zero-order valence-corrected chi connectivity index (χ0v) is 20.9. The monoisotopic (exact) mass is 476 g/mol. The van der Waals surface area contributed by atoms with E-state index in [1.807, 2.05) is 25.1 Å². The van der Waals surface area contributed by atoms with Gasteiger partial charge >= 0.3 is 0 Å². The topological polar surface area (TPSA) is 75.3 Å². The zero-order valence-electron chi connectivity index (χ0n) is 19.2. The van der Waals surface area contributed by atoms with Crippen molar-refractivity contribution in [2.75, 3.05) is 32.1 Å². The van der Waals surface area contributed by atoms with Crippen LogP contribution in [0.4, 0.5) is 5.13 Å². The Kier molecular flexibility index (Phi) is 8.57. The lowest BCUT2D eigenvalue weighted by Gasteiger charge is -2.23. The minimum Gasteiger partial charge on any atom is -0.495 e. The van der Waals surface area contributed by atoms with Gasteiger partial charge in [-0.2, -0.15) is 0 Å². The molecule has 0 bridgehead atoms. The van der Waals surface area contributed by atoms with E-state index in [0.29, 0.717) is 10.6 Å². The van der Waals surface area contributed by atoms with Gasteiger partial charge in [-0.1, -0.05) is 43.4 Å². The first kappa shape index (κ1) is 23.7. The molecule has 2 unspecified atom stereocenters. The quantitative estimate of drug-likeness (QED) is 0.481. The van der Waals surface area contributed by atoms with Crippen molar-refractivity contribution < 1.29 is 8.95 Å². The molecule has 0 amide bonds. The number of hydrogen-bond acceptors (Lipinski definition) is 6. The fourth-order valence-electron chi connectivity index (χ4n) is 4.73. The van der Waals surface area contributed by atoms with Crippen LogP contribution >= 0.6 is 11.3 Å². The Morgan fingerprint density at radius 1 is 1.22 bits per heavy atom. The summed E-state index contributed by atoms with van der Waals surface area (Å²) in [6, 6.07) is 6.15. The van der Waals surface area contributed by atoms with Crippen molar-refractivity contribution in [1.82, 2.24) is 15.0 Å². The predicted octanol–water partition coefficient (Wildman–Crippen LogP) is 4.87. The van der Waals surface area contributed by atoms with E-state index in [-0.39, 0.29) is 6.04 Å². The maximum absolute atomic E-state index is 13.1. The van der Waals surface area contributed by atoms with Gasteiger partial charge in [-0.25, -0.2) is 13.9 Å². The SMILES string of the molecule is COc1ccc(-c2sc(NCCC3CCCCC3)nc2C)cc1S(=O)NC1CCCNC1. The fraction of sp³-hybridized carbons (Fsp3) is 0.625. The molecule has 2 aliphatic rings. The molecule has 2 heterocycles. The summed E-state index contributed by atoms with van der Waals surface area (Å²) < 4.78 is 21.9. The molecule has 1 aliphatic carbocycles. The van der Waals surface area contributed by atoms with Crippen LogP contribution in [0.15, 0.2) is 23.1 Å². The van der Waals surface area contributed by atoms with Crippen molar-refractivity contribution >= 4 is 27.5 Å². The lowest BCUT2D eigenvalue weighted by molar-refractivity contribution is 0.345. The highest BCUT2D eigenvalue weighted by Crippen LogP contribution is 2.36. The van der Waals surface area contributed by atoms with Gasteiger partial charge in [0.2, 0.25) is 0 Å². The summed E-state index contributed by atoms with van der Waals surface area (Å²) in [6.07, 6.45) is 10.3. The molecular weight excluding hydrogens is 440 g/mol. The molecule has 3 N–H and O–H groups in total. The van der Waals surface area contributed by atoms with Crippen LogP contribution < -0.4 is 20.1 Å². The average Bonchev–Trinajstić information content (AvgIpc) is 3.20. The minimum absolute atomic E-state index is 0.211. The van der Waals surface area contributed by atoms with Crippen LogP contribution in [-0.4, -0.2) is 42.0 Å². The number of benzene rings is 1. The van der Waals surface area contributed by atoms with Crippen LogP contribution in [0, 0.1) is 12.8 Å². The molecular formula is C24H36N4O2S2. The molecule has 1 saturated heterocycles. The minimum atomic E-state index is -1.33. The molecule has 2 fully saturated rings. The second kappa shape index (κ2) is 11.6. The molecule has 4 rings (SSSR count). The van der Waals surface area contributed by atoms with Gasteiger partial charge in [0.15, 0.2) is 5.13 Å². The van der Waals surface area contributed by atoms with E-state index in [1.54, 1.807) is 18.4 Å². The third-order valence-electron chi connectivity index (χ3n) is 6.55. The second-order valence-electron chi connectivity index (χ2n) is 8.95. The summed E-state index contributed by atoms with van der Waals surface area (Å²) in [7, 11) is 0.299. The third-order valence-corrected chi connectivity index (χ3v) is 8.98. The number of aryl methyl sites for hydroxylation is 1. The Hall–Kier alpha value is -1.48. The number of nitrogens with zero attached hydrogens (tertiary/aromatic N) is 1. The van der Waals surface area contributed by atoms with E-state index < -0.39 is 11.0 Å². The number of methoxy groups -OCH3 is 1. The van der Waals surface area contributed by atoms with Gasteiger partial charge in [0.25, 0.3) is 0 Å². The van der Waals surface area contributed by atoms with Crippen LogP contribution in [-0.2, 0) is 11.0 Å². The van der Waals surface area contributed by atoms with Crippen LogP contribution in [0.3, 0.4) is 0 Å². The molecule has 176 valence electrons. The molecule has 8 heteroatoms. The summed E-state index contributed by atoms with van der Waals surface area (Å²) >= 11 is 1.68. The molecule has 1 aliphatic heterocycles. The van der Waals surface area contributed by atoms with E-state index in [0.717, 1.165) is 59.7 Å². The van der Waals surface area contributed by atoms with Gasteiger partial charge in [0.05, 0.1) is 22.6 Å². The Morgan fingerprint density at radius 3 is 2.81 bits per heavy atom. The van der Waals surface area contributed by atoms with E-state index in [4.69, 9.17) is 9.72 Å². The standard InChI is InChI=1S/C24H36N4O2S2/c1-17-23(31-24(27-17)26-14-12-18-7-4-3-5-8-18)19-10-11-21(30-2)22(15-19)32(29)28-20-9-6-13-25-16-20/h10-11,15,18,20,25,28H,3-9,12-14,16H2,1-2H3,(H,26,27). The number of piperidine rings is 1. The molecule has 0 radical (unpaired) electrons. The highest BCUT2D eigenvalue weighted by molar-refractivity contribution is 7.83. The maximum atomic E-state index is 13.1. The maximum Gasteiger partial charge on any atom is 0.183 e. The largest absolute Gasteiger partial charge is 0.495 e. The van der Waals surface area contributed by atoms with Gasteiger partial charge in [-0.15, -0.1) is 0 Å². The Morgan fingerprint density at radius 2 is 2.06 bits per heavy atom. The smallest absolute Gasteiger partial charge is 0.183 e. The number of anilines is 1. The van der Waals surface area contributed by atoms with E-state index >= 15 is 0 Å². The lowest BCUT2D eigenvalue weighted by Crippen LogP contribution is -2.43. The van der Waals surface area contributed by atoms with E-state index in [2.05, 4.69) is 15.4 Å². The summed E-state index contributed by atoms with van der Waals surface area (Å²) in [4.78, 5) is 6.56. The number of ether oxygens (including phenoxy) is 1. The van der Waals surface area contributed by atoms with Gasteiger partial charge in [-0.3, -0.25) is 0 Å². The van der Waals surface area contributed by atoms with Crippen molar-refractivity contribution in [3.8, 4) is 16.2 Å². The van der Waals surface area contributed by atoms with E-state index in [1.165, 1.54) is 38.5 Å². The molecule has 1 saturated carbocycles. The van der Waals surface area contributed by atoms with Crippen LogP contribution in [0.1, 0.15) is 57.1 Å². The first-order valence-electron chi connectivity index (χ1n) is 11.9. The number of aromatic nitrogens is 1. The summed E-state index contributed by atoms with van der Waals surface area (Å²) in [5.74, 6) is 1.51. The van der Waals surface area contributed by atoms with Crippen molar-refractivity contribution in [1.29, 1.82) is 0 Å². The third kappa shape index (κ3) is 6.10. The summed E-state index contributed by atoms with van der Waals surface area (Å²) in [5.41, 5.74) is 2.04. The Labute approximate surface area is 198 Å². The molecule has 6 nitrogen and oxygen atoms in total.